The maximum Gasteiger partial charge on any atom is 0.326 e. The number of likely N-dealkylation sites (tertiary alicyclic amines) is 1. The van der Waals surface area contributed by atoms with Crippen molar-refractivity contribution in [1.29, 1.82) is 0 Å². The van der Waals surface area contributed by atoms with Gasteiger partial charge in [-0.05, 0) is 31.9 Å². The van der Waals surface area contributed by atoms with Crippen LogP contribution in [0.4, 0.5) is 5.69 Å². The molecule has 1 N–H and O–H groups in total. The van der Waals surface area contributed by atoms with Gasteiger partial charge in [0.1, 0.15) is 6.54 Å². The highest BCUT2D eigenvalue weighted by Crippen LogP contribution is 2.34. The number of allylic oxidation sites excluding steroid dienone is 2. The SMILES string of the molecule is CC(=O)c1cccc(NC(=O)COC(=O)CN2C(=O)[C@H]3CC=CC[C@@H]3C2=O)c1. The minimum atomic E-state index is -0.832. The number of rotatable bonds is 6. The molecule has 2 atom stereocenters. The van der Waals surface area contributed by atoms with Gasteiger partial charge in [-0.25, -0.2) is 0 Å². The molecule has 1 saturated heterocycles. The summed E-state index contributed by atoms with van der Waals surface area (Å²) >= 11 is 0. The van der Waals surface area contributed by atoms with E-state index in [4.69, 9.17) is 4.74 Å². The molecule has 8 nitrogen and oxygen atoms in total. The van der Waals surface area contributed by atoms with Crippen LogP contribution in [-0.2, 0) is 23.9 Å². The van der Waals surface area contributed by atoms with Gasteiger partial charge in [0.25, 0.3) is 5.91 Å². The van der Waals surface area contributed by atoms with Crippen molar-refractivity contribution in [3.05, 3.63) is 42.0 Å². The number of nitrogens with one attached hydrogen (secondary N) is 1. The highest BCUT2D eigenvalue weighted by atomic mass is 16.5. The molecule has 3 amide bonds. The topological polar surface area (TPSA) is 110 Å². The quantitative estimate of drug-likeness (QED) is 0.343. The molecule has 0 bridgehead atoms. The molecule has 1 aliphatic heterocycles. The van der Waals surface area contributed by atoms with Gasteiger partial charge in [-0.1, -0.05) is 24.3 Å². The zero-order chi connectivity index (χ0) is 20.3. The first-order valence-electron chi connectivity index (χ1n) is 8.93. The molecule has 0 saturated carbocycles. The number of Topliss-reactive ketones (excluding diaryl/α,β-unsaturated/α-hetero) is 1. The molecule has 0 spiro atoms. The fourth-order valence-electron chi connectivity index (χ4n) is 3.36. The molecule has 1 fully saturated rings. The summed E-state index contributed by atoms with van der Waals surface area (Å²) in [7, 11) is 0. The normalized spacial score (nSPS) is 20.7. The first kappa shape index (κ1) is 19.5. The molecule has 0 aromatic heterocycles. The number of carbonyl (C=O) groups is 5. The smallest absolute Gasteiger partial charge is 0.326 e. The summed E-state index contributed by atoms with van der Waals surface area (Å²) in [5.74, 6) is -3.14. The van der Waals surface area contributed by atoms with E-state index in [1.807, 2.05) is 12.2 Å². The van der Waals surface area contributed by atoms with Crippen molar-refractivity contribution in [2.75, 3.05) is 18.5 Å². The average molecular weight is 384 g/mol. The van der Waals surface area contributed by atoms with Gasteiger partial charge >= 0.3 is 5.97 Å². The number of hydrogen-bond donors (Lipinski definition) is 1. The summed E-state index contributed by atoms with van der Waals surface area (Å²) in [5.41, 5.74) is 0.840. The van der Waals surface area contributed by atoms with Crippen LogP contribution in [0.5, 0.6) is 0 Å². The standard InChI is InChI=1S/C20H20N2O6/c1-12(23)13-5-4-6-14(9-13)21-17(24)11-28-18(25)10-22-19(26)15-7-2-3-8-16(15)20(22)27/h2-6,9,15-16H,7-8,10-11H2,1H3,(H,21,24)/t15-,16-/m0/s1. The van der Waals surface area contributed by atoms with Crippen molar-refractivity contribution in [1.82, 2.24) is 4.90 Å². The molecule has 3 rings (SSSR count). The lowest BCUT2D eigenvalue weighted by molar-refractivity contribution is -0.154. The molecule has 1 heterocycles. The minimum absolute atomic E-state index is 0.141. The second-order valence-electron chi connectivity index (χ2n) is 6.76. The molecular weight excluding hydrogens is 364 g/mol. The summed E-state index contributed by atoms with van der Waals surface area (Å²) in [6, 6.07) is 6.36. The monoisotopic (exact) mass is 384 g/mol. The summed E-state index contributed by atoms with van der Waals surface area (Å²) < 4.78 is 4.89. The second kappa shape index (κ2) is 8.16. The Morgan fingerprint density at radius 3 is 2.36 bits per heavy atom. The lowest BCUT2D eigenvalue weighted by atomic mass is 9.85. The van der Waals surface area contributed by atoms with Crippen LogP contribution in [-0.4, -0.2) is 47.5 Å². The molecule has 0 unspecified atom stereocenters. The fraction of sp³-hybridized carbons (Fsp3) is 0.350. The van der Waals surface area contributed by atoms with Crippen LogP contribution in [0.25, 0.3) is 0 Å². The fourth-order valence-corrected chi connectivity index (χ4v) is 3.36. The molecule has 1 aromatic rings. The average Bonchev–Trinajstić information content (AvgIpc) is 2.92. The minimum Gasteiger partial charge on any atom is -0.454 e. The van der Waals surface area contributed by atoms with Crippen molar-refractivity contribution in [3.63, 3.8) is 0 Å². The maximum atomic E-state index is 12.3. The van der Waals surface area contributed by atoms with Gasteiger partial charge in [-0.15, -0.1) is 0 Å². The van der Waals surface area contributed by atoms with Crippen LogP contribution in [0.3, 0.4) is 0 Å². The molecule has 146 valence electrons. The molecule has 28 heavy (non-hydrogen) atoms. The lowest BCUT2D eigenvalue weighted by Gasteiger charge is -2.14. The summed E-state index contributed by atoms with van der Waals surface area (Å²) in [6.45, 7) is 0.349. The van der Waals surface area contributed by atoms with Gasteiger partial charge in [0, 0.05) is 11.3 Å². The number of hydrogen-bond acceptors (Lipinski definition) is 6. The van der Waals surface area contributed by atoms with E-state index in [9.17, 15) is 24.0 Å². The third-order valence-corrected chi connectivity index (χ3v) is 4.80. The van der Waals surface area contributed by atoms with Gasteiger partial charge in [-0.2, -0.15) is 0 Å². The number of ether oxygens (including phenoxy) is 1. The second-order valence-corrected chi connectivity index (χ2v) is 6.76. The number of fused-ring (bicyclic) bond motifs is 1. The van der Waals surface area contributed by atoms with E-state index in [0.717, 1.165) is 4.90 Å². The predicted molar refractivity (Wildman–Crippen MR) is 98.1 cm³/mol. The Balaban J connectivity index is 1.50. The Morgan fingerprint density at radius 2 is 1.75 bits per heavy atom. The van der Waals surface area contributed by atoms with E-state index in [-0.39, 0.29) is 17.6 Å². The van der Waals surface area contributed by atoms with Crippen molar-refractivity contribution >= 4 is 35.2 Å². The van der Waals surface area contributed by atoms with E-state index in [1.165, 1.54) is 13.0 Å². The predicted octanol–water partition coefficient (Wildman–Crippen LogP) is 1.32. The summed E-state index contributed by atoms with van der Waals surface area (Å²) in [5, 5.41) is 2.52. The number of amides is 3. The number of benzene rings is 1. The van der Waals surface area contributed by atoms with Crippen molar-refractivity contribution in [2.45, 2.75) is 19.8 Å². The Labute approximate surface area is 161 Å². The maximum absolute atomic E-state index is 12.3. The number of anilines is 1. The number of carbonyl (C=O) groups excluding carboxylic acids is 5. The number of ketones is 1. The third-order valence-electron chi connectivity index (χ3n) is 4.80. The largest absolute Gasteiger partial charge is 0.454 e. The highest BCUT2D eigenvalue weighted by molar-refractivity contribution is 6.07. The number of nitrogens with zero attached hydrogens (tertiary/aromatic N) is 1. The number of esters is 1. The van der Waals surface area contributed by atoms with Crippen LogP contribution in [0, 0.1) is 11.8 Å². The van der Waals surface area contributed by atoms with E-state index in [1.54, 1.807) is 18.2 Å². The van der Waals surface area contributed by atoms with Crippen LogP contribution in [0.1, 0.15) is 30.1 Å². The van der Waals surface area contributed by atoms with E-state index >= 15 is 0 Å². The van der Waals surface area contributed by atoms with Gasteiger partial charge in [0.05, 0.1) is 11.8 Å². The van der Waals surface area contributed by atoms with Crippen molar-refractivity contribution in [3.8, 4) is 0 Å². The Morgan fingerprint density at radius 1 is 1.11 bits per heavy atom. The molecule has 8 heteroatoms. The lowest BCUT2D eigenvalue weighted by Crippen LogP contribution is -2.37. The van der Waals surface area contributed by atoms with Crippen LogP contribution >= 0.6 is 0 Å². The summed E-state index contributed by atoms with van der Waals surface area (Å²) in [4.78, 5) is 60.8. The van der Waals surface area contributed by atoms with E-state index < -0.39 is 36.9 Å². The Hall–Kier alpha value is -3.29. The van der Waals surface area contributed by atoms with Crippen LogP contribution < -0.4 is 5.32 Å². The molecule has 2 aliphatic rings. The zero-order valence-electron chi connectivity index (χ0n) is 15.3. The molecule has 0 radical (unpaired) electrons. The number of imide groups is 1. The van der Waals surface area contributed by atoms with Gasteiger partial charge in [0.15, 0.2) is 12.4 Å². The first-order valence-corrected chi connectivity index (χ1v) is 8.93. The third kappa shape index (κ3) is 4.16. The van der Waals surface area contributed by atoms with Crippen molar-refractivity contribution < 1.29 is 28.7 Å². The van der Waals surface area contributed by atoms with E-state index in [0.29, 0.717) is 24.1 Å². The zero-order valence-corrected chi connectivity index (χ0v) is 15.3. The van der Waals surface area contributed by atoms with Gasteiger partial charge < -0.3 is 10.1 Å². The Bertz CT molecular complexity index is 849. The highest BCUT2D eigenvalue weighted by Gasteiger charge is 2.47. The first-order chi connectivity index (χ1) is 13.4. The Kier molecular flexibility index (Phi) is 5.67. The summed E-state index contributed by atoms with van der Waals surface area (Å²) in [6.07, 6.45) is 4.70. The molecular formula is C20H20N2O6. The van der Waals surface area contributed by atoms with E-state index in [2.05, 4.69) is 5.32 Å². The van der Waals surface area contributed by atoms with Crippen LogP contribution in [0.15, 0.2) is 36.4 Å². The van der Waals surface area contributed by atoms with Crippen LogP contribution in [0.2, 0.25) is 0 Å². The molecule has 1 aromatic carbocycles. The van der Waals surface area contributed by atoms with Gasteiger partial charge in [0.2, 0.25) is 11.8 Å². The molecule has 1 aliphatic carbocycles. The van der Waals surface area contributed by atoms with Crippen molar-refractivity contribution in [2.24, 2.45) is 11.8 Å². The van der Waals surface area contributed by atoms with Gasteiger partial charge in [-0.3, -0.25) is 28.9 Å².